The number of rotatable bonds is 9. The molecule has 2 aromatic rings. The van der Waals surface area contributed by atoms with Gasteiger partial charge in [0.2, 0.25) is 0 Å². The molecular formula is C23H32N2O4S. The summed E-state index contributed by atoms with van der Waals surface area (Å²) in [5.74, 6) is -0.397. The van der Waals surface area contributed by atoms with Crippen molar-refractivity contribution in [2.75, 3.05) is 22.7 Å². The lowest BCUT2D eigenvalue weighted by Gasteiger charge is -2.30. The molecule has 0 bridgehead atoms. The normalized spacial score (nSPS) is 11.7. The topological polar surface area (TPSA) is 86.7 Å². The van der Waals surface area contributed by atoms with E-state index < -0.39 is 16.0 Å². The van der Waals surface area contributed by atoms with Crippen LogP contribution in [0.3, 0.4) is 0 Å². The standard InChI is InChI=1S/C23H32N2O4S/c1-15(2)13-25(14-16(3)4)22-10-8-19(23(26)27)12-21(22)24-30(28,29)20-9-7-17(5)18(6)11-20/h7-12,15-16,24H,13-14H2,1-6H3,(H,26,27). The van der Waals surface area contributed by atoms with Crippen LogP contribution in [-0.2, 0) is 10.0 Å². The zero-order valence-corrected chi connectivity index (χ0v) is 19.4. The zero-order chi connectivity index (χ0) is 22.6. The molecule has 0 aliphatic rings. The Morgan fingerprint density at radius 3 is 2.07 bits per heavy atom. The van der Waals surface area contributed by atoms with Crippen LogP contribution in [0, 0.1) is 25.7 Å². The van der Waals surface area contributed by atoms with E-state index in [-0.39, 0.29) is 16.1 Å². The molecular weight excluding hydrogens is 400 g/mol. The molecule has 164 valence electrons. The lowest BCUT2D eigenvalue weighted by molar-refractivity contribution is 0.0697. The average molecular weight is 433 g/mol. The average Bonchev–Trinajstić information content (AvgIpc) is 2.62. The van der Waals surface area contributed by atoms with Gasteiger partial charge in [-0.3, -0.25) is 4.72 Å². The summed E-state index contributed by atoms with van der Waals surface area (Å²) in [6, 6.07) is 9.54. The molecule has 2 aromatic carbocycles. The Morgan fingerprint density at radius 2 is 1.57 bits per heavy atom. The van der Waals surface area contributed by atoms with Crippen molar-refractivity contribution in [2.24, 2.45) is 11.8 Å². The van der Waals surface area contributed by atoms with Crippen molar-refractivity contribution < 1.29 is 18.3 Å². The van der Waals surface area contributed by atoms with Gasteiger partial charge in [0.05, 0.1) is 21.8 Å². The van der Waals surface area contributed by atoms with Crippen LogP contribution in [0.15, 0.2) is 41.3 Å². The van der Waals surface area contributed by atoms with E-state index in [4.69, 9.17) is 0 Å². The minimum Gasteiger partial charge on any atom is -0.478 e. The van der Waals surface area contributed by atoms with E-state index in [1.165, 1.54) is 12.1 Å². The van der Waals surface area contributed by atoms with Gasteiger partial charge in [0.15, 0.2) is 0 Å². The summed E-state index contributed by atoms with van der Waals surface area (Å²) in [5.41, 5.74) is 2.86. The van der Waals surface area contributed by atoms with E-state index in [9.17, 15) is 18.3 Å². The number of aromatic carboxylic acids is 1. The maximum atomic E-state index is 13.1. The fraction of sp³-hybridized carbons (Fsp3) is 0.435. The van der Waals surface area contributed by atoms with Crippen molar-refractivity contribution in [1.29, 1.82) is 0 Å². The molecule has 2 N–H and O–H groups in total. The summed E-state index contributed by atoms with van der Waals surface area (Å²) in [4.78, 5) is 13.8. The Hall–Kier alpha value is -2.54. The van der Waals surface area contributed by atoms with Gasteiger partial charge in [0.1, 0.15) is 0 Å². The molecule has 6 nitrogen and oxygen atoms in total. The lowest BCUT2D eigenvalue weighted by Crippen LogP contribution is -2.32. The van der Waals surface area contributed by atoms with Crippen molar-refractivity contribution in [2.45, 2.75) is 46.4 Å². The van der Waals surface area contributed by atoms with Gasteiger partial charge in [0, 0.05) is 13.1 Å². The molecule has 0 aromatic heterocycles. The summed E-state index contributed by atoms with van der Waals surface area (Å²) in [5, 5.41) is 9.42. The third-order valence-electron chi connectivity index (χ3n) is 4.79. The molecule has 0 aliphatic carbocycles. The zero-order valence-electron chi connectivity index (χ0n) is 18.6. The van der Waals surface area contributed by atoms with E-state index >= 15 is 0 Å². The highest BCUT2D eigenvalue weighted by Gasteiger charge is 2.21. The van der Waals surface area contributed by atoms with Crippen molar-refractivity contribution >= 4 is 27.4 Å². The molecule has 0 aliphatic heterocycles. The smallest absolute Gasteiger partial charge is 0.335 e. The molecule has 2 rings (SSSR count). The van der Waals surface area contributed by atoms with Crippen LogP contribution in [0.2, 0.25) is 0 Å². The highest BCUT2D eigenvalue weighted by molar-refractivity contribution is 7.92. The fourth-order valence-electron chi connectivity index (χ4n) is 3.26. The first-order chi connectivity index (χ1) is 13.9. The van der Waals surface area contributed by atoms with Gasteiger partial charge in [-0.25, -0.2) is 13.2 Å². The van der Waals surface area contributed by atoms with Crippen LogP contribution in [0.25, 0.3) is 0 Å². The Balaban J connectivity index is 2.55. The SMILES string of the molecule is Cc1ccc(S(=O)(=O)Nc2cc(C(=O)O)ccc2N(CC(C)C)CC(C)C)cc1C. The number of benzene rings is 2. The third-order valence-corrected chi connectivity index (χ3v) is 6.15. The first-order valence-corrected chi connectivity index (χ1v) is 11.6. The van der Waals surface area contributed by atoms with Gasteiger partial charge in [-0.2, -0.15) is 0 Å². The number of carbonyl (C=O) groups is 1. The summed E-state index contributed by atoms with van der Waals surface area (Å²) in [6.45, 7) is 13.6. The molecule has 7 heteroatoms. The summed E-state index contributed by atoms with van der Waals surface area (Å²) >= 11 is 0. The molecule has 0 spiro atoms. The second-order valence-corrected chi connectivity index (χ2v) is 10.3. The van der Waals surface area contributed by atoms with Crippen molar-refractivity contribution in [3.63, 3.8) is 0 Å². The van der Waals surface area contributed by atoms with Gasteiger partial charge >= 0.3 is 5.97 Å². The molecule has 30 heavy (non-hydrogen) atoms. The lowest BCUT2D eigenvalue weighted by atomic mass is 10.1. The Kier molecular flexibility index (Phi) is 7.53. The van der Waals surface area contributed by atoms with Crippen LogP contribution >= 0.6 is 0 Å². The maximum absolute atomic E-state index is 13.1. The van der Waals surface area contributed by atoms with Crippen LogP contribution in [-0.4, -0.2) is 32.6 Å². The highest BCUT2D eigenvalue weighted by atomic mass is 32.2. The molecule has 0 saturated carbocycles. The first kappa shape index (κ1) is 23.7. The predicted octanol–water partition coefficient (Wildman–Crippen LogP) is 4.92. The minimum absolute atomic E-state index is 0.0329. The Morgan fingerprint density at radius 1 is 0.967 bits per heavy atom. The minimum atomic E-state index is -3.88. The van der Waals surface area contributed by atoms with E-state index in [1.54, 1.807) is 24.3 Å². The molecule has 0 fully saturated rings. The van der Waals surface area contributed by atoms with Gasteiger partial charge in [-0.15, -0.1) is 0 Å². The number of aryl methyl sites for hydroxylation is 2. The molecule has 0 unspecified atom stereocenters. The number of sulfonamides is 1. The van der Waals surface area contributed by atoms with Crippen molar-refractivity contribution in [3.05, 3.63) is 53.1 Å². The second-order valence-electron chi connectivity index (χ2n) is 8.58. The quantitative estimate of drug-likeness (QED) is 0.587. The number of nitrogens with one attached hydrogen (secondary N) is 1. The van der Waals surface area contributed by atoms with Gasteiger partial charge in [-0.05, 0) is 67.1 Å². The monoisotopic (exact) mass is 432 g/mol. The molecule has 0 radical (unpaired) electrons. The summed E-state index contributed by atoms with van der Waals surface area (Å²) in [7, 11) is -3.88. The van der Waals surface area contributed by atoms with E-state index in [0.29, 0.717) is 17.5 Å². The first-order valence-electron chi connectivity index (χ1n) is 10.1. The van der Waals surface area contributed by atoms with Crippen molar-refractivity contribution in [3.8, 4) is 0 Å². The van der Waals surface area contributed by atoms with E-state index in [0.717, 1.165) is 24.2 Å². The summed E-state index contributed by atoms with van der Waals surface area (Å²) in [6.07, 6.45) is 0. The van der Waals surface area contributed by atoms with Crippen LogP contribution in [0.1, 0.15) is 49.2 Å². The van der Waals surface area contributed by atoms with Gasteiger partial charge in [-0.1, -0.05) is 33.8 Å². The number of carboxylic acids is 1. The van der Waals surface area contributed by atoms with Crippen LogP contribution < -0.4 is 9.62 Å². The second kappa shape index (κ2) is 9.51. The third kappa shape index (κ3) is 5.98. The largest absolute Gasteiger partial charge is 0.478 e. The molecule has 0 atom stereocenters. The Labute approximate surface area is 180 Å². The number of hydrogen-bond donors (Lipinski definition) is 2. The maximum Gasteiger partial charge on any atom is 0.335 e. The fourth-order valence-corrected chi connectivity index (χ4v) is 4.41. The van der Waals surface area contributed by atoms with Crippen LogP contribution in [0.4, 0.5) is 11.4 Å². The van der Waals surface area contributed by atoms with E-state index in [1.807, 2.05) is 13.8 Å². The molecule has 0 amide bonds. The predicted molar refractivity (Wildman–Crippen MR) is 122 cm³/mol. The van der Waals surface area contributed by atoms with E-state index in [2.05, 4.69) is 37.3 Å². The van der Waals surface area contributed by atoms with Gasteiger partial charge in [0.25, 0.3) is 10.0 Å². The Bertz CT molecular complexity index is 1000. The molecule has 0 heterocycles. The number of hydrogen-bond acceptors (Lipinski definition) is 4. The molecule has 0 saturated heterocycles. The van der Waals surface area contributed by atoms with Gasteiger partial charge < -0.3 is 10.0 Å². The number of anilines is 2. The number of carboxylic acid groups (broad SMARTS) is 1. The number of nitrogens with zero attached hydrogens (tertiary/aromatic N) is 1. The highest BCUT2D eigenvalue weighted by Crippen LogP contribution is 2.31. The van der Waals surface area contributed by atoms with Crippen LogP contribution in [0.5, 0.6) is 0 Å². The van der Waals surface area contributed by atoms with Crippen molar-refractivity contribution in [1.82, 2.24) is 0 Å². The summed E-state index contributed by atoms with van der Waals surface area (Å²) < 4.78 is 28.8.